The van der Waals surface area contributed by atoms with Crippen molar-refractivity contribution in [3.63, 3.8) is 0 Å². The maximum absolute atomic E-state index is 10.1. The van der Waals surface area contributed by atoms with Gasteiger partial charge in [0, 0.05) is 39.8 Å². The number of nitrogens with zero attached hydrogens (tertiary/aromatic N) is 6. The monoisotopic (exact) mass is 485 g/mol. The van der Waals surface area contributed by atoms with Gasteiger partial charge in [0.2, 0.25) is 0 Å². The highest BCUT2D eigenvalue weighted by atomic mass is 127. The fraction of sp³-hybridized carbons (Fsp3) is 0.500. The molecule has 0 atom stereocenters. The summed E-state index contributed by atoms with van der Waals surface area (Å²) < 4.78 is 1.96. The van der Waals surface area contributed by atoms with Crippen molar-refractivity contribution in [1.82, 2.24) is 25.0 Å². The Morgan fingerprint density at radius 1 is 1.19 bits per heavy atom. The van der Waals surface area contributed by atoms with Crippen LogP contribution in [0.3, 0.4) is 0 Å². The van der Waals surface area contributed by atoms with Gasteiger partial charge in [0.1, 0.15) is 18.1 Å². The van der Waals surface area contributed by atoms with Crippen LogP contribution in [0.5, 0.6) is 5.75 Å². The molecule has 0 amide bonds. The quantitative estimate of drug-likeness (QED) is 0.390. The van der Waals surface area contributed by atoms with E-state index in [1.54, 1.807) is 6.07 Å². The van der Waals surface area contributed by atoms with Crippen molar-refractivity contribution in [3.8, 4) is 5.75 Å². The maximum Gasteiger partial charge on any atom is 0.194 e. The number of hydrogen-bond donors (Lipinski definition) is 2. The van der Waals surface area contributed by atoms with Crippen molar-refractivity contribution in [2.24, 2.45) is 12.0 Å². The second kappa shape index (κ2) is 9.77. The molecule has 0 radical (unpaired) electrons. The molecule has 0 bridgehead atoms. The third-order valence-electron chi connectivity index (χ3n) is 4.69. The van der Waals surface area contributed by atoms with Crippen LogP contribution in [0.15, 0.2) is 29.3 Å². The minimum absolute atomic E-state index is 0. The second-order valence-corrected chi connectivity index (χ2v) is 6.36. The smallest absolute Gasteiger partial charge is 0.194 e. The van der Waals surface area contributed by atoms with Gasteiger partial charge < -0.3 is 24.8 Å². The van der Waals surface area contributed by atoms with E-state index in [9.17, 15) is 5.11 Å². The van der Waals surface area contributed by atoms with Crippen LogP contribution in [0.4, 0.5) is 5.69 Å². The van der Waals surface area contributed by atoms with Gasteiger partial charge in [-0.2, -0.15) is 0 Å². The number of para-hydroxylation sites is 2. The number of benzene rings is 1. The minimum Gasteiger partial charge on any atom is -0.506 e. The molecule has 2 heterocycles. The number of rotatable bonds is 4. The Balaban J connectivity index is 0.00000261. The third-order valence-corrected chi connectivity index (χ3v) is 4.69. The first kappa shape index (κ1) is 21.3. The molecule has 1 saturated heterocycles. The van der Waals surface area contributed by atoms with Gasteiger partial charge in [0.05, 0.1) is 5.69 Å². The Kier molecular flexibility index (Phi) is 7.69. The van der Waals surface area contributed by atoms with Crippen LogP contribution in [-0.4, -0.2) is 63.5 Å². The molecule has 27 heavy (non-hydrogen) atoms. The highest BCUT2D eigenvalue weighted by Gasteiger charge is 2.21. The first-order valence-electron chi connectivity index (χ1n) is 9.01. The topological polar surface area (TPSA) is 81.8 Å². The van der Waals surface area contributed by atoms with Gasteiger partial charge >= 0.3 is 0 Å². The largest absolute Gasteiger partial charge is 0.506 e. The van der Waals surface area contributed by atoms with E-state index in [0.29, 0.717) is 12.3 Å². The number of piperazine rings is 1. The Morgan fingerprint density at radius 2 is 1.89 bits per heavy atom. The van der Waals surface area contributed by atoms with E-state index in [2.05, 4.69) is 32.2 Å². The van der Waals surface area contributed by atoms with Gasteiger partial charge in [-0.05, 0) is 26.0 Å². The molecule has 0 saturated carbocycles. The molecule has 1 aromatic heterocycles. The van der Waals surface area contributed by atoms with Gasteiger partial charge in [0.15, 0.2) is 11.8 Å². The third kappa shape index (κ3) is 5.02. The molecule has 8 nitrogen and oxygen atoms in total. The first-order valence-corrected chi connectivity index (χ1v) is 9.01. The number of phenolic OH excluding ortho intramolecular Hbond substituents is 1. The number of anilines is 1. The summed E-state index contributed by atoms with van der Waals surface area (Å²) in [6.45, 7) is 8.69. The number of aromatic nitrogens is 3. The summed E-state index contributed by atoms with van der Waals surface area (Å²) in [6.07, 6.45) is 0. The molecule has 2 aromatic rings. The summed E-state index contributed by atoms with van der Waals surface area (Å²) in [6, 6.07) is 7.49. The van der Waals surface area contributed by atoms with Crippen molar-refractivity contribution in [3.05, 3.63) is 35.9 Å². The predicted molar refractivity (Wildman–Crippen MR) is 118 cm³/mol. The number of aromatic hydroxyl groups is 1. The molecule has 148 valence electrons. The molecule has 1 fully saturated rings. The van der Waals surface area contributed by atoms with Gasteiger partial charge in [-0.1, -0.05) is 12.1 Å². The normalized spacial score (nSPS) is 14.9. The first-order chi connectivity index (χ1) is 12.6. The van der Waals surface area contributed by atoms with Crippen LogP contribution in [0, 0.1) is 6.92 Å². The maximum atomic E-state index is 10.1. The number of aliphatic imine (C=N–C) groups is 1. The molecule has 1 aliphatic heterocycles. The van der Waals surface area contributed by atoms with E-state index in [-0.39, 0.29) is 24.0 Å². The number of aryl methyl sites for hydroxylation is 1. The van der Waals surface area contributed by atoms with Crippen molar-refractivity contribution in [1.29, 1.82) is 0 Å². The summed E-state index contributed by atoms with van der Waals surface area (Å²) in [5, 5.41) is 21.7. The lowest BCUT2D eigenvalue weighted by Crippen LogP contribution is -2.52. The van der Waals surface area contributed by atoms with Gasteiger partial charge in [-0.3, -0.25) is 0 Å². The van der Waals surface area contributed by atoms with E-state index in [1.807, 2.05) is 36.7 Å². The SMILES string of the molecule is CCNC(=NCc1nnc(C)n1C)N1CCN(c2ccccc2O)CC1.I. The summed E-state index contributed by atoms with van der Waals surface area (Å²) in [7, 11) is 1.96. The zero-order valence-corrected chi connectivity index (χ0v) is 18.4. The fourth-order valence-corrected chi connectivity index (χ4v) is 3.05. The summed E-state index contributed by atoms with van der Waals surface area (Å²) in [5.74, 6) is 2.96. The van der Waals surface area contributed by atoms with Crippen LogP contribution in [0.1, 0.15) is 18.6 Å². The molecule has 0 unspecified atom stereocenters. The zero-order valence-electron chi connectivity index (χ0n) is 16.1. The second-order valence-electron chi connectivity index (χ2n) is 6.36. The summed E-state index contributed by atoms with van der Waals surface area (Å²) in [5.41, 5.74) is 0.892. The number of halogens is 1. The summed E-state index contributed by atoms with van der Waals surface area (Å²) >= 11 is 0. The average molecular weight is 485 g/mol. The van der Waals surface area contributed by atoms with Gasteiger partial charge in [0.25, 0.3) is 0 Å². The molecule has 0 aliphatic carbocycles. The van der Waals surface area contributed by atoms with Crippen LogP contribution in [-0.2, 0) is 13.6 Å². The van der Waals surface area contributed by atoms with Crippen LogP contribution < -0.4 is 10.2 Å². The summed E-state index contributed by atoms with van der Waals surface area (Å²) in [4.78, 5) is 9.20. The van der Waals surface area contributed by atoms with Gasteiger partial charge in [-0.25, -0.2) is 4.99 Å². The van der Waals surface area contributed by atoms with Crippen molar-refractivity contribution < 1.29 is 5.11 Å². The Hall–Kier alpha value is -2.04. The number of guanidine groups is 1. The Labute approximate surface area is 177 Å². The van der Waals surface area contributed by atoms with Gasteiger partial charge in [-0.15, -0.1) is 34.2 Å². The minimum atomic E-state index is 0. The Morgan fingerprint density at radius 3 is 2.48 bits per heavy atom. The lowest BCUT2D eigenvalue weighted by Gasteiger charge is -2.37. The lowest BCUT2D eigenvalue weighted by atomic mass is 10.2. The molecule has 0 spiro atoms. The highest BCUT2D eigenvalue weighted by molar-refractivity contribution is 14.0. The number of nitrogens with one attached hydrogen (secondary N) is 1. The molecule has 1 aromatic carbocycles. The van der Waals surface area contributed by atoms with E-state index in [4.69, 9.17) is 4.99 Å². The van der Waals surface area contributed by atoms with E-state index >= 15 is 0 Å². The van der Waals surface area contributed by atoms with Crippen LogP contribution >= 0.6 is 24.0 Å². The Bertz CT molecular complexity index is 769. The zero-order chi connectivity index (χ0) is 18.5. The molecule has 1 aliphatic rings. The number of hydrogen-bond acceptors (Lipinski definition) is 5. The molecule has 9 heteroatoms. The van der Waals surface area contributed by atoms with Crippen molar-refractivity contribution in [2.75, 3.05) is 37.6 Å². The molecule has 3 rings (SSSR count). The van der Waals surface area contributed by atoms with Crippen molar-refractivity contribution >= 4 is 35.6 Å². The number of phenols is 1. The predicted octanol–water partition coefficient (Wildman–Crippen LogP) is 1.73. The van der Waals surface area contributed by atoms with Crippen molar-refractivity contribution in [2.45, 2.75) is 20.4 Å². The van der Waals surface area contributed by atoms with Crippen LogP contribution in [0.25, 0.3) is 0 Å². The molecular formula is C18H28IN7O. The average Bonchev–Trinajstić information content (AvgIpc) is 2.98. The van der Waals surface area contributed by atoms with E-state index < -0.39 is 0 Å². The molecule has 2 N–H and O–H groups in total. The standard InChI is InChI=1S/C18H27N7O.HI/c1-4-19-18(20-13-17-22-21-14(2)23(17)3)25-11-9-24(10-12-25)15-7-5-6-8-16(15)26;/h5-8,26H,4,9-13H2,1-3H3,(H,19,20);1H. The molecular weight excluding hydrogens is 457 g/mol. The fourth-order valence-electron chi connectivity index (χ4n) is 3.05. The van der Waals surface area contributed by atoms with E-state index in [0.717, 1.165) is 56.0 Å². The van der Waals surface area contributed by atoms with Crippen LogP contribution in [0.2, 0.25) is 0 Å². The lowest BCUT2D eigenvalue weighted by molar-refractivity contribution is 0.369. The van der Waals surface area contributed by atoms with E-state index in [1.165, 1.54) is 0 Å². The highest BCUT2D eigenvalue weighted by Crippen LogP contribution is 2.27.